The molecule has 7 heteroatoms. The summed E-state index contributed by atoms with van der Waals surface area (Å²) in [6.07, 6.45) is 0.556. The second kappa shape index (κ2) is 5.18. The van der Waals surface area contributed by atoms with Gasteiger partial charge in [-0.05, 0) is 17.9 Å². The molecule has 1 atom stereocenters. The molecule has 2 rings (SSSR count). The van der Waals surface area contributed by atoms with E-state index in [1.54, 1.807) is 11.4 Å². The zero-order valence-electron chi connectivity index (χ0n) is 9.69. The molecule has 18 heavy (non-hydrogen) atoms. The number of hydrogen-bond acceptors (Lipinski definition) is 5. The van der Waals surface area contributed by atoms with E-state index < -0.39 is 11.9 Å². The standard InChI is InChI=1S/C11H12N2O4S/c1-17-11-6(4-5-18-11)9(15)12-7-2-3-8(14)13-10(7)16/h4-5,7H,2-3H2,1H3,(H,12,15)(H,13,14,16)/t7-/m1/s1. The van der Waals surface area contributed by atoms with Gasteiger partial charge < -0.3 is 10.1 Å². The van der Waals surface area contributed by atoms with Crippen molar-refractivity contribution in [2.75, 3.05) is 7.11 Å². The summed E-state index contributed by atoms with van der Waals surface area (Å²) in [5, 5.41) is 7.01. The van der Waals surface area contributed by atoms with Crippen molar-refractivity contribution in [1.82, 2.24) is 10.6 Å². The molecule has 0 aliphatic carbocycles. The van der Waals surface area contributed by atoms with E-state index in [2.05, 4.69) is 10.6 Å². The predicted octanol–water partition coefficient (Wildman–Crippen LogP) is 0.292. The van der Waals surface area contributed by atoms with E-state index in [0.717, 1.165) is 0 Å². The van der Waals surface area contributed by atoms with Crippen LogP contribution in [0.3, 0.4) is 0 Å². The molecule has 0 saturated carbocycles. The Hall–Kier alpha value is -1.89. The van der Waals surface area contributed by atoms with Gasteiger partial charge in [0.15, 0.2) is 5.06 Å². The Morgan fingerprint density at radius 3 is 3.00 bits per heavy atom. The number of carbonyl (C=O) groups excluding carboxylic acids is 3. The maximum atomic E-state index is 11.9. The molecular formula is C11H12N2O4S. The Labute approximate surface area is 107 Å². The monoisotopic (exact) mass is 268 g/mol. The van der Waals surface area contributed by atoms with E-state index in [0.29, 0.717) is 17.0 Å². The van der Waals surface area contributed by atoms with Gasteiger partial charge in [-0.3, -0.25) is 19.7 Å². The molecule has 2 heterocycles. The lowest BCUT2D eigenvalue weighted by Gasteiger charge is -2.21. The Kier molecular flexibility index (Phi) is 3.61. The third-order valence-corrected chi connectivity index (χ3v) is 3.48. The van der Waals surface area contributed by atoms with Crippen LogP contribution in [0.1, 0.15) is 23.2 Å². The Morgan fingerprint density at radius 1 is 1.56 bits per heavy atom. The fourth-order valence-corrected chi connectivity index (χ4v) is 2.40. The van der Waals surface area contributed by atoms with Crippen molar-refractivity contribution in [3.63, 3.8) is 0 Å². The van der Waals surface area contributed by atoms with Crippen LogP contribution in [0.5, 0.6) is 5.06 Å². The van der Waals surface area contributed by atoms with Gasteiger partial charge in [-0.15, -0.1) is 11.3 Å². The zero-order valence-corrected chi connectivity index (χ0v) is 10.5. The van der Waals surface area contributed by atoms with E-state index in [1.165, 1.54) is 18.4 Å². The number of thiophene rings is 1. The number of methoxy groups -OCH3 is 1. The highest BCUT2D eigenvalue weighted by molar-refractivity contribution is 7.12. The summed E-state index contributed by atoms with van der Waals surface area (Å²) >= 11 is 1.30. The minimum atomic E-state index is -0.667. The SMILES string of the molecule is COc1sccc1C(=O)N[C@@H]1CCC(=O)NC1=O. The van der Waals surface area contributed by atoms with Crippen molar-refractivity contribution >= 4 is 29.1 Å². The van der Waals surface area contributed by atoms with Gasteiger partial charge in [0, 0.05) is 6.42 Å². The van der Waals surface area contributed by atoms with Gasteiger partial charge in [0.1, 0.15) is 6.04 Å². The molecule has 0 radical (unpaired) electrons. The molecule has 1 aromatic heterocycles. The molecule has 2 N–H and O–H groups in total. The van der Waals surface area contributed by atoms with Crippen LogP contribution in [0.15, 0.2) is 11.4 Å². The quantitative estimate of drug-likeness (QED) is 0.772. The van der Waals surface area contributed by atoms with Crippen molar-refractivity contribution in [2.45, 2.75) is 18.9 Å². The smallest absolute Gasteiger partial charge is 0.256 e. The highest BCUT2D eigenvalue weighted by atomic mass is 32.1. The number of rotatable bonds is 3. The minimum Gasteiger partial charge on any atom is -0.487 e. The number of nitrogens with one attached hydrogen (secondary N) is 2. The molecule has 0 unspecified atom stereocenters. The summed E-state index contributed by atoms with van der Waals surface area (Å²) in [5.41, 5.74) is 0.396. The van der Waals surface area contributed by atoms with Crippen LogP contribution in [0.2, 0.25) is 0 Å². The van der Waals surface area contributed by atoms with Gasteiger partial charge in [0.05, 0.1) is 12.7 Å². The number of carbonyl (C=O) groups is 3. The van der Waals surface area contributed by atoms with Crippen LogP contribution in [0, 0.1) is 0 Å². The first-order valence-electron chi connectivity index (χ1n) is 5.38. The van der Waals surface area contributed by atoms with Crippen molar-refractivity contribution in [1.29, 1.82) is 0 Å². The van der Waals surface area contributed by atoms with Crippen LogP contribution in [-0.2, 0) is 9.59 Å². The molecule has 1 saturated heterocycles. The van der Waals surface area contributed by atoms with Gasteiger partial charge in [-0.2, -0.15) is 0 Å². The van der Waals surface area contributed by atoms with Gasteiger partial charge in [-0.1, -0.05) is 0 Å². The van der Waals surface area contributed by atoms with Gasteiger partial charge in [0.2, 0.25) is 11.8 Å². The van der Waals surface area contributed by atoms with Crippen LogP contribution in [0.25, 0.3) is 0 Å². The maximum absolute atomic E-state index is 11.9. The van der Waals surface area contributed by atoms with E-state index >= 15 is 0 Å². The van der Waals surface area contributed by atoms with E-state index in [4.69, 9.17) is 4.74 Å². The Bertz CT molecular complexity index is 497. The Balaban J connectivity index is 2.03. The molecule has 0 aromatic carbocycles. The molecule has 1 aliphatic rings. The highest BCUT2D eigenvalue weighted by Crippen LogP contribution is 2.25. The summed E-state index contributed by atoms with van der Waals surface area (Å²) < 4.78 is 5.04. The van der Waals surface area contributed by atoms with Crippen LogP contribution < -0.4 is 15.4 Å². The van der Waals surface area contributed by atoms with E-state index in [1.807, 2.05) is 0 Å². The first-order chi connectivity index (χ1) is 8.61. The fraction of sp³-hybridized carbons (Fsp3) is 0.364. The van der Waals surface area contributed by atoms with Crippen molar-refractivity contribution < 1.29 is 19.1 Å². The molecule has 6 nitrogen and oxygen atoms in total. The lowest BCUT2D eigenvalue weighted by molar-refractivity contribution is -0.134. The molecule has 0 spiro atoms. The molecule has 3 amide bonds. The molecule has 1 aliphatic heterocycles. The first kappa shape index (κ1) is 12.6. The van der Waals surface area contributed by atoms with E-state index in [9.17, 15) is 14.4 Å². The number of ether oxygens (including phenoxy) is 1. The number of imide groups is 1. The third-order valence-electron chi connectivity index (χ3n) is 2.60. The largest absolute Gasteiger partial charge is 0.487 e. The van der Waals surface area contributed by atoms with Crippen molar-refractivity contribution in [3.05, 3.63) is 17.0 Å². The fourth-order valence-electron chi connectivity index (χ4n) is 1.69. The third kappa shape index (κ3) is 2.51. The summed E-state index contributed by atoms with van der Waals surface area (Å²) in [6.45, 7) is 0. The summed E-state index contributed by atoms with van der Waals surface area (Å²) in [4.78, 5) is 34.4. The van der Waals surface area contributed by atoms with Crippen LogP contribution >= 0.6 is 11.3 Å². The lowest BCUT2D eigenvalue weighted by atomic mass is 10.1. The minimum absolute atomic E-state index is 0.234. The first-order valence-corrected chi connectivity index (χ1v) is 6.26. The van der Waals surface area contributed by atoms with Gasteiger partial charge in [-0.25, -0.2) is 0 Å². The molecular weight excluding hydrogens is 256 g/mol. The van der Waals surface area contributed by atoms with E-state index in [-0.39, 0.29) is 18.2 Å². The maximum Gasteiger partial charge on any atom is 0.256 e. The summed E-state index contributed by atoms with van der Waals surface area (Å²) in [5.74, 6) is -1.14. The van der Waals surface area contributed by atoms with Crippen molar-refractivity contribution in [2.24, 2.45) is 0 Å². The molecule has 96 valence electrons. The Morgan fingerprint density at radius 2 is 2.33 bits per heavy atom. The molecule has 1 fully saturated rings. The van der Waals surface area contributed by atoms with Crippen LogP contribution in [0.4, 0.5) is 0 Å². The molecule has 0 bridgehead atoms. The van der Waals surface area contributed by atoms with Crippen molar-refractivity contribution in [3.8, 4) is 5.06 Å². The summed E-state index contributed by atoms with van der Waals surface area (Å²) in [7, 11) is 1.48. The average Bonchev–Trinajstić information content (AvgIpc) is 2.81. The van der Waals surface area contributed by atoms with Gasteiger partial charge in [0.25, 0.3) is 5.91 Å². The second-order valence-electron chi connectivity index (χ2n) is 3.80. The lowest BCUT2D eigenvalue weighted by Crippen LogP contribution is -2.52. The molecule has 1 aromatic rings. The zero-order chi connectivity index (χ0) is 13.1. The normalized spacial score (nSPS) is 19.3. The summed E-state index contributed by atoms with van der Waals surface area (Å²) in [6, 6.07) is 0.963. The topological polar surface area (TPSA) is 84.5 Å². The number of amides is 3. The highest BCUT2D eigenvalue weighted by Gasteiger charge is 2.28. The second-order valence-corrected chi connectivity index (χ2v) is 4.68. The van der Waals surface area contributed by atoms with Crippen LogP contribution in [-0.4, -0.2) is 30.9 Å². The predicted molar refractivity (Wildman–Crippen MR) is 64.5 cm³/mol. The number of hydrogen-bond donors (Lipinski definition) is 2. The average molecular weight is 268 g/mol. The van der Waals surface area contributed by atoms with Gasteiger partial charge >= 0.3 is 0 Å². The number of piperidine rings is 1.